The number of carboxylic acid groups (broad SMARTS) is 1. The van der Waals surface area contributed by atoms with Gasteiger partial charge in [0.25, 0.3) is 0 Å². The predicted molar refractivity (Wildman–Crippen MR) is 140 cm³/mol. The maximum Gasteiger partial charge on any atom is 0.303 e. The van der Waals surface area contributed by atoms with Crippen molar-refractivity contribution in [3.8, 4) is 0 Å². The minimum absolute atomic E-state index is 0.337. The average Bonchev–Trinajstić information content (AvgIpc) is 2.78. The lowest BCUT2D eigenvalue weighted by Crippen LogP contribution is -2.30. The summed E-state index contributed by atoms with van der Waals surface area (Å²) in [4.78, 5) is 12.4. The summed E-state index contributed by atoms with van der Waals surface area (Å²) in [5.41, 5.74) is 1.47. The third-order valence-electron chi connectivity index (χ3n) is 6.18. The Balaban J connectivity index is 0.000000809. The molecule has 0 saturated carbocycles. The van der Waals surface area contributed by atoms with Gasteiger partial charge in [0.1, 0.15) is 0 Å². The number of carbonyl (C=O) groups is 1. The lowest BCUT2D eigenvalue weighted by molar-refractivity contribution is -0.137. The number of nitrogens with zero attached hydrogens (tertiary/aromatic N) is 1. The van der Waals surface area contributed by atoms with Crippen molar-refractivity contribution in [1.82, 2.24) is 4.90 Å². The van der Waals surface area contributed by atoms with Crippen molar-refractivity contribution in [2.24, 2.45) is 0 Å². The van der Waals surface area contributed by atoms with Gasteiger partial charge in [0, 0.05) is 12.5 Å². The smallest absolute Gasteiger partial charge is 0.303 e. The van der Waals surface area contributed by atoms with E-state index < -0.39 is 5.97 Å². The van der Waals surface area contributed by atoms with Crippen molar-refractivity contribution >= 4 is 5.97 Å². The summed E-state index contributed by atoms with van der Waals surface area (Å²) in [6.45, 7) is 4.44. The standard InChI is InChI=1S/C21H37N.C8H16O2/c1-4-5-6-7-8-9-10-11-15-18-21(22(2)3)19-20-16-13-12-14-17-20;1-2-3-4-5-6-7-8(9)10/h12-14,16-17,21H,4-11,15,18-19H2,1-3H3;2-7H2,1H3,(H,9,10). The van der Waals surface area contributed by atoms with Crippen LogP contribution in [0.3, 0.4) is 0 Å². The maximum atomic E-state index is 10.0. The van der Waals surface area contributed by atoms with E-state index in [0.717, 1.165) is 12.8 Å². The third kappa shape index (κ3) is 20.5. The second-order valence-electron chi connectivity index (χ2n) is 9.48. The van der Waals surface area contributed by atoms with Crippen LogP contribution in [0.4, 0.5) is 0 Å². The van der Waals surface area contributed by atoms with E-state index in [2.05, 4.69) is 63.2 Å². The molecule has 0 aliphatic rings. The van der Waals surface area contributed by atoms with Crippen molar-refractivity contribution in [2.45, 2.75) is 129 Å². The Hall–Kier alpha value is -1.35. The molecular weight excluding hydrogens is 394 g/mol. The van der Waals surface area contributed by atoms with E-state index in [1.54, 1.807) is 0 Å². The third-order valence-corrected chi connectivity index (χ3v) is 6.18. The van der Waals surface area contributed by atoms with Crippen LogP contribution in [0.1, 0.15) is 122 Å². The highest BCUT2D eigenvalue weighted by Crippen LogP contribution is 2.15. The zero-order valence-corrected chi connectivity index (χ0v) is 21.8. The largest absolute Gasteiger partial charge is 0.481 e. The molecule has 0 aliphatic carbocycles. The molecule has 0 heterocycles. The lowest BCUT2D eigenvalue weighted by atomic mass is 9.98. The summed E-state index contributed by atoms with van der Waals surface area (Å²) in [6.07, 6.45) is 21.2. The van der Waals surface area contributed by atoms with Gasteiger partial charge in [-0.3, -0.25) is 4.79 Å². The van der Waals surface area contributed by atoms with Crippen LogP contribution in [0.5, 0.6) is 0 Å². The summed E-state index contributed by atoms with van der Waals surface area (Å²) in [6, 6.07) is 11.6. The molecule has 3 heteroatoms. The van der Waals surface area contributed by atoms with Gasteiger partial charge in [-0.2, -0.15) is 0 Å². The zero-order chi connectivity index (χ0) is 23.9. The first kappa shape index (κ1) is 30.6. The van der Waals surface area contributed by atoms with Crippen molar-refractivity contribution in [3.05, 3.63) is 35.9 Å². The summed E-state index contributed by atoms with van der Waals surface area (Å²) in [5.74, 6) is -0.670. The molecule has 186 valence electrons. The van der Waals surface area contributed by atoms with Crippen LogP contribution < -0.4 is 0 Å². The maximum absolute atomic E-state index is 10.0. The zero-order valence-electron chi connectivity index (χ0n) is 21.8. The molecule has 32 heavy (non-hydrogen) atoms. The molecule has 0 fully saturated rings. The molecule has 0 amide bonds. The van der Waals surface area contributed by atoms with Crippen molar-refractivity contribution in [1.29, 1.82) is 0 Å². The first-order valence-corrected chi connectivity index (χ1v) is 13.4. The molecule has 0 spiro atoms. The summed E-state index contributed by atoms with van der Waals surface area (Å²) >= 11 is 0. The molecule has 1 N–H and O–H groups in total. The molecule has 0 saturated heterocycles. The highest BCUT2D eigenvalue weighted by atomic mass is 16.4. The molecule has 1 aromatic rings. The second kappa shape index (κ2) is 22.8. The Labute approximate surface area is 200 Å². The molecule has 0 radical (unpaired) electrons. The van der Waals surface area contributed by atoms with Crippen LogP contribution >= 0.6 is 0 Å². The van der Waals surface area contributed by atoms with Gasteiger partial charge in [0.05, 0.1) is 0 Å². The quantitative estimate of drug-likeness (QED) is 0.216. The van der Waals surface area contributed by atoms with Gasteiger partial charge in [-0.1, -0.05) is 128 Å². The molecule has 0 bridgehead atoms. The second-order valence-corrected chi connectivity index (χ2v) is 9.48. The predicted octanol–water partition coefficient (Wildman–Crippen LogP) is 8.51. The average molecular weight is 448 g/mol. The van der Waals surface area contributed by atoms with Crippen LogP contribution in [-0.2, 0) is 11.2 Å². The molecular formula is C29H53NO2. The van der Waals surface area contributed by atoms with E-state index in [-0.39, 0.29) is 0 Å². The number of likely N-dealkylation sites (N-methyl/N-ethyl adjacent to an activating group) is 1. The topological polar surface area (TPSA) is 40.5 Å². The fraction of sp³-hybridized carbons (Fsp3) is 0.759. The minimum atomic E-state index is -0.670. The van der Waals surface area contributed by atoms with E-state index in [4.69, 9.17) is 5.11 Å². The van der Waals surface area contributed by atoms with E-state index >= 15 is 0 Å². The van der Waals surface area contributed by atoms with Crippen LogP contribution in [0.15, 0.2) is 30.3 Å². The van der Waals surface area contributed by atoms with Gasteiger partial charge >= 0.3 is 5.97 Å². The minimum Gasteiger partial charge on any atom is -0.481 e. The molecule has 0 aromatic heterocycles. The van der Waals surface area contributed by atoms with Gasteiger partial charge < -0.3 is 10.0 Å². The number of aliphatic carboxylic acids is 1. The Morgan fingerprint density at radius 3 is 1.69 bits per heavy atom. The fourth-order valence-electron chi connectivity index (χ4n) is 4.00. The number of unbranched alkanes of at least 4 members (excludes halogenated alkanes) is 12. The van der Waals surface area contributed by atoms with Gasteiger partial charge in [0.15, 0.2) is 0 Å². The summed E-state index contributed by atoms with van der Waals surface area (Å²) in [5, 5.41) is 8.27. The van der Waals surface area contributed by atoms with Crippen LogP contribution in [-0.4, -0.2) is 36.1 Å². The Bertz CT molecular complexity index is 515. The van der Waals surface area contributed by atoms with E-state index in [1.165, 1.54) is 95.5 Å². The Morgan fingerprint density at radius 2 is 1.22 bits per heavy atom. The van der Waals surface area contributed by atoms with Gasteiger partial charge in [-0.05, 0) is 38.9 Å². The normalized spacial score (nSPS) is 11.8. The molecule has 3 nitrogen and oxygen atoms in total. The molecule has 1 unspecified atom stereocenters. The van der Waals surface area contributed by atoms with Crippen molar-refractivity contribution < 1.29 is 9.90 Å². The lowest BCUT2D eigenvalue weighted by Gasteiger charge is -2.24. The monoisotopic (exact) mass is 447 g/mol. The molecule has 1 aromatic carbocycles. The van der Waals surface area contributed by atoms with E-state index in [9.17, 15) is 4.79 Å². The van der Waals surface area contributed by atoms with Gasteiger partial charge in [-0.15, -0.1) is 0 Å². The summed E-state index contributed by atoms with van der Waals surface area (Å²) in [7, 11) is 4.45. The number of carboxylic acids is 1. The van der Waals surface area contributed by atoms with Crippen molar-refractivity contribution in [2.75, 3.05) is 14.1 Å². The highest BCUT2D eigenvalue weighted by Gasteiger charge is 2.11. The molecule has 1 atom stereocenters. The van der Waals surface area contributed by atoms with Crippen molar-refractivity contribution in [3.63, 3.8) is 0 Å². The Kier molecular flexibility index (Phi) is 21.9. The first-order chi connectivity index (χ1) is 15.5. The number of hydrogen-bond acceptors (Lipinski definition) is 2. The molecule has 0 aliphatic heterocycles. The summed E-state index contributed by atoms with van der Waals surface area (Å²) < 4.78 is 0. The van der Waals surface area contributed by atoms with Gasteiger partial charge in [-0.25, -0.2) is 0 Å². The first-order valence-electron chi connectivity index (χ1n) is 13.4. The Morgan fingerprint density at radius 1 is 0.750 bits per heavy atom. The number of benzene rings is 1. The highest BCUT2D eigenvalue weighted by molar-refractivity contribution is 5.66. The number of rotatable bonds is 19. The van der Waals surface area contributed by atoms with Crippen LogP contribution in [0.25, 0.3) is 0 Å². The molecule has 1 rings (SSSR count). The van der Waals surface area contributed by atoms with Gasteiger partial charge in [0.2, 0.25) is 0 Å². The number of hydrogen-bond donors (Lipinski definition) is 1. The SMILES string of the molecule is CCCCCCCC(=O)O.CCCCCCCCCCCC(Cc1ccccc1)N(C)C. The van der Waals surface area contributed by atoms with Crippen LogP contribution in [0, 0.1) is 0 Å². The van der Waals surface area contributed by atoms with E-state index in [0.29, 0.717) is 12.5 Å². The van der Waals surface area contributed by atoms with E-state index in [1.807, 2.05) is 0 Å². The fourth-order valence-corrected chi connectivity index (χ4v) is 4.00. The van der Waals surface area contributed by atoms with Crippen LogP contribution in [0.2, 0.25) is 0 Å².